The minimum absolute atomic E-state index is 0.00252. The smallest absolute Gasteiger partial charge is 0.305 e. The first-order valence-electron chi connectivity index (χ1n) is 16.8. The summed E-state index contributed by atoms with van der Waals surface area (Å²) in [4.78, 5) is 41.5. The van der Waals surface area contributed by atoms with E-state index in [4.69, 9.17) is 9.47 Å². The van der Waals surface area contributed by atoms with E-state index < -0.39 is 12.0 Å². The molecule has 0 saturated heterocycles. The Morgan fingerprint density at radius 3 is 2.35 bits per heavy atom. The quantitative estimate of drug-likeness (QED) is 0.0920. The summed E-state index contributed by atoms with van der Waals surface area (Å²) in [6, 6.07) is 24.6. The maximum absolute atomic E-state index is 13.7. The lowest BCUT2D eigenvalue weighted by Crippen LogP contribution is -2.48. The van der Waals surface area contributed by atoms with Gasteiger partial charge in [-0.25, -0.2) is 0 Å². The van der Waals surface area contributed by atoms with E-state index >= 15 is 0 Å². The molecule has 3 aromatic rings. The molecule has 0 fully saturated rings. The number of allylic oxidation sites excluding steroid dienone is 2. The first-order chi connectivity index (χ1) is 23.4. The number of nitrogens with one attached hydrogen (secondary N) is 1. The van der Waals surface area contributed by atoms with Crippen molar-refractivity contribution in [3.63, 3.8) is 0 Å². The summed E-state index contributed by atoms with van der Waals surface area (Å²) in [5.41, 5.74) is 4.17. The van der Waals surface area contributed by atoms with Crippen LogP contribution in [-0.4, -0.2) is 53.1 Å². The average Bonchev–Trinajstić information content (AvgIpc) is 3.11. The van der Waals surface area contributed by atoms with Crippen molar-refractivity contribution < 1.29 is 29.0 Å². The van der Waals surface area contributed by atoms with Crippen molar-refractivity contribution in [1.82, 2.24) is 10.2 Å². The van der Waals surface area contributed by atoms with E-state index in [0.29, 0.717) is 45.3 Å². The van der Waals surface area contributed by atoms with Gasteiger partial charge in [0.25, 0.3) is 0 Å². The van der Waals surface area contributed by atoms with Gasteiger partial charge in [0.15, 0.2) is 0 Å². The van der Waals surface area contributed by atoms with E-state index in [2.05, 4.69) is 18.5 Å². The van der Waals surface area contributed by atoms with Gasteiger partial charge in [0.05, 0.1) is 24.6 Å². The first kappa shape index (κ1) is 36.2. The number of nitrogens with zero attached hydrogens (tertiary/aromatic N) is 1. The highest BCUT2D eigenvalue weighted by atomic mass is 16.5. The Hall–Kier alpha value is -4.69. The molecule has 1 aliphatic heterocycles. The highest BCUT2D eigenvalue weighted by molar-refractivity contribution is 5.86. The Bertz CT molecular complexity index is 1490. The lowest BCUT2D eigenvalue weighted by molar-refractivity contribution is -0.145. The van der Waals surface area contributed by atoms with Crippen molar-refractivity contribution in [2.45, 2.75) is 76.6 Å². The third kappa shape index (κ3) is 11.2. The van der Waals surface area contributed by atoms with Crippen molar-refractivity contribution in [2.75, 3.05) is 13.2 Å². The van der Waals surface area contributed by atoms with Gasteiger partial charge < -0.3 is 24.8 Å². The Morgan fingerprint density at radius 2 is 1.65 bits per heavy atom. The third-order valence-corrected chi connectivity index (χ3v) is 8.61. The molecule has 4 rings (SSSR count). The summed E-state index contributed by atoms with van der Waals surface area (Å²) in [6.45, 7) is 8.22. The molecule has 0 bridgehead atoms. The molecule has 0 aromatic heterocycles. The van der Waals surface area contributed by atoms with Crippen molar-refractivity contribution in [1.29, 1.82) is 0 Å². The van der Waals surface area contributed by atoms with Gasteiger partial charge in [-0.1, -0.05) is 78.9 Å². The molecular formula is C40H48N2O6. The number of amides is 2. The molecule has 0 unspecified atom stereocenters. The Kier molecular flexibility index (Phi) is 14.5. The van der Waals surface area contributed by atoms with Gasteiger partial charge in [-0.15, -0.1) is 13.2 Å². The van der Waals surface area contributed by atoms with Crippen LogP contribution in [0, 0.1) is 5.92 Å². The fourth-order valence-corrected chi connectivity index (χ4v) is 5.90. The molecule has 0 spiro atoms. The summed E-state index contributed by atoms with van der Waals surface area (Å²) in [5.74, 6) is -0.769. The van der Waals surface area contributed by atoms with Gasteiger partial charge in [-0.2, -0.15) is 0 Å². The number of ether oxygens (including phenoxy) is 2. The van der Waals surface area contributed by atoms with E-state index in [1.54, 1.807) is 11.0 Å². The summed E-state index contributed by atoms with van der Waals surface area (Å²) >= 11 is 0. The molecule has 8 nitrogen and oxygen atoms in total. The maximum atomic E-state index is 13.7. The van der Waals surface area contributed by atoms with Gasteiger partial charge in [-0.3, -0.25) is 14.4 Å². The molecule has 8 heteroatoms. The molecule has 3 aromatic carbocycles. The van der Waals surface area contributed by atoms with Crippen LogP contribution in [-0.2, 0) is 45.1 Å². The standard InChI is InChI=1S/C40H48N2O6/c1-3-5-6-10-18-39(45)48-29-35(23-30-19-21-37(22-20-30)47-28-31-14-8-7-9-15-31)41-40(46)33(13-4-2)25-38(44)42-26-34-17-12-11-16-32(34)24-36(42)27-43/h3-4,7-9,11-12,14-17,19-22,33,35-36,43H,1-2,5-6,10,13,18,23-29H2,(H,41,46)/t33-,35+,36+/m1/s1. The van der Waals surface area contributed by atoms with Gasteiger partial charge in [0.2, 0.25) is 11.8 Å². The number of aliphatic hydroxyl groups is 1. The van der Waals surface area contributed by atoms with Gasteiger partial charge in [0.1, 0.15) is 19.0 Å². The molecule has 1 heterocycles. The van der Waals surface area contributed by atoms with Gasteiger partial charge in [0, 0.05) is 19.4 Å². The fourth-order valence-electron chi connectivity index (χ4n) is 5.90. The molecule has 0 radical (unpaired) electrons. The Balaban J connectivity index is 1.41. The fraction of sp³-hybridized carbons (Fsp3) is 0.375. The molecule has 3 atom stereocenters. The number of carbonyl (C=O) groups excluding carboxylic acids is 3. The van der Waals surface area contributed by atoms with Crippen LogP contribution in [0.25, 0.3) is 0 Å². The number of hydrogen-bond donors (Lipinski definition) is 2. The monoisotopic (exact) mass is 652 g/mol. The maximum Gasteiger partial charge on any atom is 0.305 e. The Morgan fingerprint density at radius 1 is 0.917 bits per heavy atom. The number of fused-ring (bicyclic) bond motifs is 1. The zero-order valence-electron chi connectivity index (χ0n) is 27.7. The SMILES string of the molecule is C=CCCCCC(=O)OC[C@H](Cc1ccc(OCc2ccccc2)cc1)NC(=O)[C@H](CC=C)CC(=O)N1Cc2ccccc2C[C@H]1CO. The molecule has 2 amide bonds. The van der Waals surface area contributed by atoms with Crippen molar-refractivity contribution in [3.8, 4) is 5.75 Å². The molecule has 1 aliphatic rings. The molecular weight excluding hydrogens is 604 g/mol. The zero-order valence-corrected chi connectivity index (χ0v) is 27.7. The lowest BCUT2D eigenvalue weighted by atomic mass is 9.92. The number of benzene rings is 3. The van der Waals surface area contributed by atoms with Crippen molar-refractivity contribution in [3.05, 3.63) is 126 Å². The highest BCUT2D eigenvalue weighted by Gasteiger charge is 2.32. The van der Waals surface area contributed by atoms with E-state index in [1.165, 1.54) is 0 Å². The summed E-state index contributed by atoms with van der Waals surface area (Å²) in [5, 5.41) is 13.1. The summed E-state index contributed by atoms with van der Waals surface area (Å²) < 4.78 is 11.5. The summed E-state index contributed by atoms with van der Waals surface area (Å²) in [6.07, 6.45) is 7.40. The second-order valence-corrected chi connectivity index (χ2v) is 12.3. The number of hydrogen-bond acceptors (Lipinski definition) is 6. The number of unbranched alkanes of at least 4 members (excludes halogenated alkanes) is 2. The normalized spacial score (nSPS) is 15.0. The molecule has 2 N–H and O–H groups in total. The predicted molar refractivity (Wildman–Crippen MR) is 187 cm³/mol. The lowest BCUT2D eigenvalue weighted by Gasteiger charge is -2.36. The van der Waals surface area contributed by atoms with Crippen molar-refractivity contribution >= 4 is 17.8 Å². The van der Waals surface area contributed by atoms with Crippen molar-refractivity contribution in [2.24, 2.45) is 5.92 Å². The predicted octanol–water partition coefficient (Wildman–Crippen LogP) is 6.11. The largest absolute Gasteiger partial charge is 0.489 e. The van der Waals surface area contributed by atoms with Gasteiger partial charge in [-0.05, 0) is 72.9 Å². The molecule has 48 heavy (non-hydrogen) atoms. The highest BCUT2D eigenvalue weighted by Crippen LogP contribution is 2.25. The zero-order chi connectivity index (χ0) is 34.1. The average molecular weight is 653 g/mol. The van der Waals surface area contributed by atoms with E-state index in [9.17, 15) is 19.5 Å². The van der Waals surface area contributed by atoms with Crippen LogP contribution >= 0.6 is 0 Å². The van der Waals surface area contributed by atoms with Crippen LogP contribution < -0.4 is 10.1 Å². The van der Waals surface area contributed by atoms with Crippen LogP contribution in [0.2, 0.25) is 0 Å². The topological polar surface area (TPSA) is 105 Å². The van der Waals surface area contributed by atoms with Crippen LogP contribution in [0.1, 0.15) is 60.8 Å². The van der Waals surface area contributed by atoms with Crippen LogP contribution in [0.4, 0.5) is 0 Å². The Labute approximate surface area is 284 Å². The molecule has 0 saturated carbocycles. The second-order valence-electron chi connectivity index (χ2n) is 12.3. The second kappa shape index (κ2) is 19.2. The van der Waals surface area contributed by atoms with Gasteiger partial charge >= 0.3 is 5.97 Å². The minimum atomic E-state index is -0.669. The van der Waals surface area contributed by atoms with Crippen LogP contribution in [0.5, 0.6) is 5.75 Å². The number of carbonyl (C=O) groups is 3. The third-order valence-electron chi connectivity index (χ3n) is 8.61. The van der Waals surface area contributed by atoms with E-state index in [-0.39, 0.29) is 43.5 Å². The summed E-state index contributed by atoms with van der Waals surface area (Å²) in [7, 11) is 0. The number of esters is 1. The molecule has 254 valence electrons. The van der Waals surface area contributed by atoms with E-state index in [0.717, 1.165) is 40.8 Å². The number of aliphatic hydroxyl groups excluding tert-OH is 1. The minimum Gasteiger partial charge on any atom is -0.489 e. The van der Waals surface area contributed by atoms with E-state index in [1.807, 2.05) is 84.9 Å². The first-order valence-corrected chi connectivity index (χ1v) is 16.8. The van der Waals surface area contributed by atoms with Crippen LogP contribution in [0.15, 0.2) is 104 Å². The van der Waals surface area contributed by atoms with Crippen LogP contribution in [0.3, 0.4) is 0 Å². The molecule has 0 aliphatic carbocycles. The number of rotatable bonds is 19.